The highest BCUT2D eigenvalue weighted by molar-refractivity contribution is 9.10. The summed E-state index contributed by atoms with van der Waals surface area (Å²) in [5, 5.41) is 0. The van der Waals surface area contributed by atoms with Gasteiger partial charge in [0.15, 0.2) is 0 Å². The maximum atomic E-state index is 4.68. The topological polar surface area (TPSA) is 17.3 Å². The van der Waals surface area contributed by atoms with Crippen molar-refractivity contribution < 1.29 is 0 Å². The zero-order valence-electron chi connectivity index (χ0n) is 9.39. The van der Waals surface area contributed by atoms with Crippen molar-refractivity contribution in [2.24, 2.45) is 0 Å². The maximum Gasteiger partial charge on any atom is 0.140 e. The number of imidazole rings is 1. The Hall–Kier alpha value is -1.61. The van der Waals surface area contributed by atoms with Crippen LogP contribution in [-0.2, 0) is 0 Å². The first-order chi connectivity index (χ1) is 8.25. The fraction of sp³-hybridized carbons (Fsp3) is 0.0714. The Morgan fingerprint density at radius 2 is 1.94 bits per heavy atom. The van der Waals surface area contributed by atoms with E-state index in [4.69, 9.17) is 0 Å². The van der Waals surface area contributed by atoms with Gasteiger partial charge in [-0.2, -0.15) is 0 Å². The van der Waals surface area contributed by atoms with E-state index in [1.54, 1.807) is 0 Å². The fourth-order valence-electron chi connectivity index (χ4n) is 1.95. The van der Waals surface area contributed by atoms with Gasteiger partial charge in [0.2, 0.25) is 0 Å². The Bertz CT molecular complexity index is 686. The van der Waals surface area contributed by atoms with E-state index in [1.165, 1.54) is 5.56 Å². The number of fused-ring (bicyclic) bond motifs is 1. The van der Waals surface area contributed by atoms with Crippen LogP contribution < -0.4 is 0 Å². The van der Waals surface area contributed by atoms with Crippen molar-refractivity contribution in [3.63, 3.8) is 0 Å². The molecule has 2 heterocycles. The molecule has 0 saturated carbocycles. The van der Waals surface area contributed by atoms with Crippen LogP contribution in [0.15, 0.2) is 53.3 Å². The molecule has 0 bridgehead atoms. The van der Waals surface area contributed by atoms with Crippen molar-refractivity contribution in [1.82, 2.24) is 9.38 Å². The number of hydrogen-bond donors (Lipinski definition) is 0. The van der Waals surface area contributed by atoms with Gasteiger partial charge in [0.25, 0.3) is 0 Å². The molecule has 1 aromatic carbocycles. The summed E-state index contributed by atoms with van der Waals surface area (Å²) in [6.07, 6.45) is 4.08. The molecule has 0 aliphatic carbocycles. The predicted molar refractivity (Wildman–Crippen MR) is 73.1 cm³/mol. The molecule has 2 aromatic heterocycles. The van der Waals surface area contributed by atoms with Crippen molar-refractivity contribution in [3.05, 3.63) is 58.8 Å². The highest BCUT2D eigenvalue weighted by atomic mass is 79.9. The van der Waals surface area contributed by atoms with E-state index in [-0.39, 0.29) is 0 Å². The Morgan fingerprint density at radius 1 is 1.12 bits per heavy atom. The highest BCUT2D eigenvalue weighted by Crippen LogP contribution is 2.27. The van der Waals surface area contributed by atoms with E-state index in [1.807, 2.05) is 30.5 Å². The average Bonchev–Trinajstić information content (AvgIpc) is 2.75. The molecule has 84 valence electrons. The molecule has 0 aliphatic heterocycles. The van der Waals surface area contributed by atoms with E-state index < -0.39 is 0 Å². The zero-order chi connectivity index (χ0) is 11.8. The summed E-state index contributed by atoms with van der Waals surface area (Å²) in [6.45, 7) is 2.08. The van der Waals surface area contributed by atoms with Crippen LogP contribution in [-0.4, -0.2) is 9.38 Å². The van der Waals surface area contributed by atoms with Crippen LogP contribution in [0.5, 0.6) is 0 Å². The molecule has 0 aliphatic rings. The van der Waals surface area contributed by atoms with Crippen LogP contribution in [0.1, 0.15) is 5.56 Å². The first kappa shape index (κ1) is 10.5. The fourth-order valence-corrected chi connectivity index (χ4v) is 2.44. The third-order valence-corrected chi connectivity index (χ3v) is 3.52. The monoisotopic (exact) mass is 286 g/mol. The van der Waals surface area contributed by atoms with Crippen LogP contribution in [0.3, 0.4) is 0 Å². The maximum absolute atomic E-state index is 4.68. The molecule has 0 saturated heterocycles. The molecular formula is C14H11BrN2. The van der Waals surface area contributed by atoms with Gasteiger partial charge >= 0.3 is 0 Å². The van der Waals surface area contributed by atoms with Crippen molar-refractivity contribution >= 4 is 21.6 Å². The van der Waals surface area contributed by atoms with Gasteiger partial charge in [-0.3, -0.25) is 0 Å². The molecule has 3 heteroatoms. The van der Waals surface area contributed by atoms with Crippen molar-refractivity contribution in [2.75, 3.05) is 0 Å². The molecule has 2 nitrogen and oxygen atoms in total. The molecule has 3 rings (SSSR count). The molecule has 0 amide bonds. The second-order valence-electron chi connectivity index (χ2n) is 4.03. The summed E-state index contributed by atoms with van der Waals surface area (Å²) in [5.74, 6) is 0. The lowest BCUT2D eigenvalue weighted by atomic mass is 10.2. The van der Waals surface area contributed by atoms with Gasteiger partial charge < -0.3 is 4.40 Å². The molecule has 3 aromatic rings. The van der Waals surface area contributed by atoms with E-state index in [2.05, 4.69) is 50.6 Å². The minimum absolute atomic E-state index is 0.992. The lowest BCUT2D eigenvalue weighted by molar-refractivity contribution is 1.16. The third-order valence-electron chi connectivity index (χ3n) is 2.83. The molecule has 0 unspecified atom stereocenters. The molecule has 0 spiro atoms. The van der Waals surface area contributed by atoms with Crippen molar-refractivity contribution in [2.45, 2.75) is 6.92 Å². The van der Waals surface area contributed by atoms with Gasteiger partial charge in [-0.05, 0) is 24.6 Å². The quantitative estimate of drug-likeness (QED) is 0.659. The van der Waals surface area contributed by atoms with Crippen molar-refractivity contribution in [3.8, 4) is 11.3 Å². The van der Waals surface area contributed by atoms with E-state index in [9.17, 15) is 0 Å². The number of hydrogen-bond acceptors (Lipinski definition) is 1. The molecule has 0 N–H and O–H groups in total. The summed E-state index contributed by atoms with van der Waals surface area (Å²) >= 11 is 3.56. The van der Waals surface area contributed by atoms with Crippen LogP contribution in [0.2, 0.25) is 0 Å². The summed E-state index contributed by atoms with van der Waals surface area (Å²) < 4.78 is 3.13. The Morgan fingerprint density at radius 3 is 2.71 bits per heavy atom. The minimum atomic E-state index is 0.992. The van der Waals surface area contributed by atoms with Crippen molar-refractivity contribution in [1.29, 1.82) is 0 Å². The van der Waals surface area contributed by atoms with Gasteiger partial charge in [-0.15, -0.1) is 0 Å². The highest BCUT2D eigenvalue weighted by Gasteiger charge is 2.07. The van der Waals surface area contributed by atoms with Crippen LogP contribution in [0.25, 0.3) is 16.9 Å². The first-order valence-electron chi connectivity index (χ1n) is 5.45. The summed E-state index contributed by atoms with van der Waals surface area (Å²) in [6, 6.07) is 12.2. The molecular weight excluding hydrogens is 276 g/mol. The number of benzene rings is 1. The minimum Gasteiger partial charge on any atom is -0.306 e. The van der Waals surface area contributed by atoms with Gasteiger partial charge in [-0.1, -0.05) is 40.2 Å². The number of pyridine rings is 1. The van der Waals surface area contributed by atoms with Crippen LogP contribution in [0.4, 0.5) is 0 Å². The van der Waals surface area contributed by atoms with Gasteiger partial charge in [0, 0.05) is 22.4 Å². The van der Waals surface area contributed by atoms with Gasteiger partial charge in [0.05, 0.1) is 5.69 Å². The number of aromatic nitrogens is 2. The smallest absolute Gasteiger partial charge is 0.140 e. The molecule has 17 heavy (non-hydrogen) atoms. The average molecular weight is 287 g/mol. The lowest BCUT2D eigenvalue weighted by Crippen LogP contribution is -1.83. The Kier molecular flexibility index (Phi) is 2.48. The number of aryl methyl sites for hydroxylation is 1. The van der Waals surface area contributed by atoms with E-state index >= 15 is 0 Å². The second kappa shape index (κ2) is 4.00. The lowest BCUT2D eigenvalue weighted by Gasteiger charge is -1.98. The summed E-state index contributed by atoms with van der Waals surface area (Å²) in [5.41, 5.74) is 4.31. The van der Waals surface area contributed by atoms with Crippen LogP contribution >= 0.6 is 15.9 Å². The standard InChI is InChI=1S/C14H11BrN2/c1-10-5-4-8-17-9-13(16-14(10)17)11-6-2-3-7-12(11)15/h2-9H,1H3. The Balaban J connectivity index is 2.26. The Labute approximate surface area is 108 Å². The van der Waals surface area contributed by atoms with Crippen LogP contribution in [0, 0.1) is 6.92 Å². The summed E-state index contributed by atoms with van der Waals surface area (Å²) in [4.78, 5) is 4.68. The largest absolute Gasteiger partial charge is 0.306 e. The first-order valence-corrected chi connectivity index (χ1v) is 6.24. The van der Waals surface area contributed by atoms with E-state index in [0.717, 1.165) is 21.4 Å². The molecule has 0 atom stereocenters. The molecule has 0 fully saturated rings. The second-order valence-corrected chi connectivity index (χ2v) is 4.88. The predicted octanol–water partition coefficient (Wildman–Crippen LogP) is 4.07. The SMILES string of the molecule is Cc1cccn2cc(-c3ccccc3Br)nc12. The normalized spacial score (nSPS) is 10.9. The van der Waals surface area contributed by atoms with Gasteiger partial charge in [0.1, 0.15) is 5.65 Å². The third kappa shape index (κ3) is 1.76. The zero-order valence-corrected chi connectivity index (χ0v) is 11.0. The number of rotatable bonds is 1. The summed E-state index contributed by atoms with van der Waals surface area (Å²) in [7, 11) is 0. The van der Waals surface area contributed by atoms with Gasteiger partial charge in [-0.25, -0.2) is 4.98 Å². The number of nitrogens with zero attached hydrogens (tertiary/aromatic N) is 2. The number of halogens is 1. The molecule has 0 radical (unpaired) electrons. The van der Waals surface area contributed by atoms with E-state index in [0.29, 0.717) is 0 Å².